The molecular formula is C4H9Al2. The van der Waals surface area contributed by atoms with Crippen LogP contribution in [0.3, 0.4) is 0 Å². The van der Waals surface area contributed by atoms with Crippen LogP contribution in [0.4, 0.5) is 0 Å². The van der Waals surface area contributed by atoms with E-state index in [4.69, 9.17) is 0 Å². The van der Waals surface area contributed by atoms with Gasteiger partial charge in [0.25, 0.3) is 0 Å². The average molecular weight is 111 g/mol. The van der Waals surface area contributed by atoms with Gasteiger partial charge in [-0.25, -0.2) is 0 Å². The molecule has 31 valence electrons. The van der Waals surface area contributed by atoms with E-state index in [2.05, 4.69) is 23.2 Å². The maximum Gasteiger partial charge on any atom is 0.118 e. The molecule has 0 aliphatic carbocycles. The SMILES string of the molecule is CCC[CH2][Al].[Al]. The molecule has 0 saturated carbocycles. The summed E-state index contributed by atoms with van der Waals surface area (Å²) in [5.41, 5.74) is 0. The maximum atomic E-state index is 2.70. The molecule has 0 aliphatic rings. The minimum absolute atomic E-state index is 0. The highest BCUT2D eigenvalue weighted by molar-refractivity contribution is 6.08. The molecule has 0 spiro atoms. The van der Waals surface area contributed by atoms with Crippen molar-refractivity contribution in [1.29, 1.82) is 0 Å². The molecule has 0 rings (SSSR count). The van der Waals surface area contributed by atoms with E-state index in [1.807, 2.05) is 0 Å². The third kappa shape index (κ3) is 8.91. The molecule has 0 atom stereocenters. The van der Waals surface area contributed by atoms with Crippen molar-refractivity contribution in [1.82, 2.24) is 0 Å². The molecule has 0 fully saturated rings. The predicted molar refractivity (Wildman–Crippen MR) is 31.2 cm³/mol. The minimum Gasteiger partial charge on any atom is -0.118 e. The highest BCUT2D eigenvalue weighted by atomic mass is 27.0. The highest BCUT2D eigenvalue weighted by Crippen LogP contribution is 1.86. The van der Waals surface area contributed by atoms with Crippen molar-refractivity contribution >= 4 is 33.7 Å². The monoisotopic (exact) mass is 111 g/mol. The van der Waals surface area contributed by atoms with Crippen LogP contribution >= 0.6 is 0 Å². The lowest BCUT2D eigenvalue weighted by Gasteiger charge is -1.79. The molecule has 0 aliphatic heterocycles. The zero-order chi connectivity index (χ0) is 4.12. The standard InChI is InChI=1S/C4H9.2Al/c1-3-4-2;;/h1,3-4H2,2H3;;. The van der Waals surface area contributed by atoms with Gasteiger partial charge < -0.3 is 0 Å². The average Bonchev–Trinajstić information content (AvgIpc) is 1.41. The zero-order valence-corrected chi connectivity index (χ0v) is 6.59. The first-order chi connectivity index (χ1) is 2.41. The molecule has 0 saturated heterocycles. The second kappa shape index (κ2) is 9.42. The highest BCUT2D eigenvalue weighted by Gasteiger charge is 1.67. The quantitative estimate of drug-likeness (QED) is 0.466. The van der Waals surface area contributed by atoms with E-state index < -0.39 is 0 Å². The van der Waals surface area contributed by atoms with Gasteiger partial charge in [-0.05, 0) is 0 Å². The van der Waals surface area contributed by atoms with Crippen molar-refractivity contribution < 1.29 is 0 Å². The Morgan fingerprint density at radius 2 is 2.00 bits per heavy atom. The zero-order valence-electron chi connectivity index (χ0n) is 4.28. The molecule has 6 heavy (non-hydrogen) atoms. The molecule has 0 amide bonds. The van der Waals surface area contributed by atoms with Crippen molar-refractivity contribution in [3.8, 4) is 0 Å². The second-order valence-electron chi connectivity index (χ2n) is 1.14. The Morgan fingerprint density at radius 1 is 1.50 bits per heavy atom. The van der Waals surface area contributed by atoms with Crippen LogP contribution in [0.15, 0.2) is 0 Å². The molecule has 0 aromatic carbocycles. The van der Waals surface area contributed by atoms with Gasteiger partial charge in [-0.1, -0.05) is 19.8 Å². The van der Waals surface area contributed by atoms with E-state index in [-0.39, 0.29) is 17.4 Å². The summed E-state index contributed by atoms with van der Waals surface area (Å²) in [6.45, 7) is 2.20. The largest absolute Gasteiger partial charge is 0.118 e. The van der Waals surface area contributed by atoms with E-state index in [0.29, 0.717) is 0 Å². The van der Waals surface area contributed by atoms with Gasteiger partial charge in [-0.3, -0.25) is 0 Å². The Balaban J connectivity index is 0. The predicted octanol–water partition coefficient (Wildman–Crippen LogP) is 0.992. The van der Waals surface area contributed by atoms with Gasteiger partial charge in [-0.15, -0.1) is 5.28 Å². The third-order valence-corrected chi connectivity index (χ3v) is 0.966. The van der Waals surface area contributed by atoms with Crippen LogP contribution in [0, 0.1) is 0 Å². The molecule has 0 N–H and O–H groups in total. The molecule has 0 heterocycles. The van der Waals surface area contributed by atoms with Crippen molar-refractivity contribution in [3.05, 3.63) is 0 Å². The normalized spacial score (nSPS) is 6.83. The van der Waals surface area contributed by atoms with Crippen LogP contribution in [0.2, 0.25) is 5.28 Å². The van der Waals surface area contributed by atoms with Crippen LogP contribution < -0.4 is 0 Å². The van der Waals surface area contributed by atoms with Crippen LogP contribution in [0.1, 0.15) is 19.8 Å². The third-order valence-electron chi connectivity index (χ3n) is 0.558. The number of hydrogen-bond acceptors (Lipinski definition) is 0. The summed E-state index contributed by atoms with van der Waals surface area (Å²) in [6.07, 6.45) is 2.67. The second-order valence-corrected chi connectivity index (χ2v) is 1.72. The molecule has 2 heteroatoms. The van der Waals surface area contributed by atoms with Gasteiger partial charge >= 0.3 is 0 Å². The molecule has 0 bridgehead atoms. The number of rotatable bonds is 2. The maximum absolute atomic E-state index is 2.70. The lowest BCUT2D eigenvalue weighted by molar-refractivity contribution is 0.884. The summed E-state index contributed by atoms with van der Waals surface area (Å²) in [6, 6.07) is 0. The fourth-order valence-electron chi connectivity index (χ4n) is 0.204. The molecule has 0 unspecified atom stereocenters. The first-order valence-electron chi connectivity index (χ1n) is 2.12. The van der Waals surface area contributed by atoms with E-state index in [9.17, 15) is 0 Å². The summed E-state index contributed by atoms with van der Waals surface area (Å²) < 4.78 is 0. The lowest BCUT2D eigenvalue weighted by atomic mass is 10.4. The van der Waals surface area contributed by atoms with Crippen LogP contribution in [-0.2, 0) is 0 Å². The van der Waals surface area contributed by atoms with Crippen molar-refractivity contribution in [2.24, 2.45) is 0 Å². The fraction of sp³-hybridized carbons (Fsp3) is 1.00. The van der Waals surface area contributed by atoms with E-state index >= 15 is 0 Å². The summed E-state index contributed by atoms with van der Waals surface area (Å²) in [5, 5.41) is 1.26. The van der Waals surface area contributed by atoms with E-state index in [1.54, 1.807) is 0 Å². The summed E-state index contributed by atoms with van der Waals surface area (Å²) in [5.74, 6) is 0. The van der Waals surface area contributed by atoms with Crippen LogP contribution in [0.25, 0.3) is 0 Å². The van der Waals surface area contributed by atoms with E-state index in [1.165, 1.54) is 18.1 Å². The lowest BCUT2D eigenvalue weighted by Crippen LogP contribution is -1.63. The topological polar surface area (TPSA) is 0 Å². The summed E-state index contributed by atoms with van der Waals surface area (Å²) in [7, 11) is 0. The van der Waals surface area contributed by atoms with E-state index in [0.717, 1.165) is 0 Å². The minimum atomic E-state index is 0. The van der Waals surface area contributed by atoms with Crippen LogP contribution in [0.5, 0.6) is 0 Å². The fourth-order valence-corrected chi connectivity index (χ4v) is 0.612. The molecule has 0 nitrogen and oxygen atoms in total. The van der Waals surface area contributed by atoms with Gasteiger partial charge in [0.05, 0.1) is 0 Å². The Morgan fingerprint density at radius 3 is 2.00 bits per heavy atom. The summed E-state index contributed by atoms with van der Waals surface area (Å²) >= 11 is 2.70. The van der Waals surface area contributed by atoms with Crippen molar-refractivity contribution in [2.45, 2.75) is 25.0 Å². The van der Waals surface area contributed by atoms with Crippen molar-refractivity contribution in [2.75, 3.05) is 0 Å². The Bertz CT molecular complexity index is 13.0. The summed E-state index contributed by atoms with van der Waals surface area (Å²) in [4.78, 5) is 0. The Labute approximate surface area is 58.9 Å². The van der Waals surface area contributed by atoms with Gasteiger partial charge in [0, 0.05) is 17.4 Å². The van der Waals surface area contributed by atoms with Gasteiger partial charge in [-0.2, -0.15) is 0 Å². The van der Waals surface area contributed by atoms with Gasteiger partial charge in [0.2, 0.25) is 0 Å². The molecular weight excluding hydrogens is 102 g/mol. The molecule has 5 radical (unpaired) electrons. The first kappa shape index (κ1) is 10.1. The first-order valence-corrected chi connectivity index (χ1v) is 2.93. The van der Waals surface area contributed by atoms with Crippen molar-refractivity contribution in [3.63, 3.8) is 0 Å². The molecule has 0 aromatic rings. The van der Waals surface area contributed by atoms with Crippen LogP contribution in [-0.4, -0.2) is 33.7 Å². The Kier molecular flexibility index (Phi) is 15.9. The smallest absolute Gasteiger partial charge is 0.118 e. The van der Waals surface area contributed by atoms with Gasteiger partial charge in [0.15, 0.2) is 0 Å². The number of hydrogen-bond donors (Lipinski definition) is 0. The Hall–Kier alpha value is 1.06. The van der Waals surface area contributed by atoms with Gasteiger partial charge in [0.1, 0.15) is 16.3 Å². The molecule has 0 aromatic heterocycles. The number of unbranched alkanes of at least 4 members (excludes halogenated alkanes) is 1.